The lowest BCUT2D eigenvalue weighted by Gasteiger charge is -2.41. The highest BCUT2D eigenvalue weighted by Crippen LogP contribution is 2.28. The molecule has 2 fully saturated rings. The maximum Gasteiger partial charge on any atom is 0.225 e. The minimum Gasteiger partial charge on any atom is -0.378 e. The number of benzene rings is 1. The van der Waals surface area contributed by atoms with E-state index in [0.717, 1.165) is 39.1 Å². The molecule has 0 spiro atoms. The quantitative estimate of drug-likeness (QED) is 0.930. The van der Waals surface area contributed by atoms with Gasteiger partial charge in [0, 0.05) is 38.3 Å². The first kappa shape index (κ1) is 15.4. The fraction of sp³-hybridized carbons (Fsp3) is 0.588. The van der Waals surface area contributed by atoms with Crippen LogP contribution >= 0.6 is 0 Å². The van der Waals surface area contributed by atoms with Crippen LogP contribution in [-0.4, -0.2) is 43.2 Å². The van der Waals surface area contributed by atoms with Crippen LogP contribution in [0.1, 0.15) is 25.7 Å². The van der Waals surface area contributed by atoms with Gasteiger partial charge in [0.2, 0.25) is 5.91 Å². The van der Waals surface area contributed by atoms with Gasteiger partial charge < -0.3 is 15.0 Å². The van der Waals surface area contributed by atoms with Gasteiger partial charge >= 0.3 is 0 Å². The summed E-state index contributed by atoms with van der Waals surface area (Å²) in [7, 11) is 0. The predicted octanol–water partition coefficient (Wildman–Crippen LogP) is 2.66. The molecule has 1 amide bonds. The highest BCUT2D eigenvalue weighted by atomic mass is 19.1. The second-order valence-corrected chi connectivity index (χ2v) is 6.21. The molecule has 5 heteroatoms. The zero-order valence-electron chi connectivity index (χ0n) is 12.8. The average molecular weight is 306 g/mol. The molecule has 0 aliphatic carbocycles. The van der Waals surface area contributed by atoms with Crippen molar-refractivity contribution in [3.05, 3.63) is 30.1 Å². The third kappa shape index (κ3) is 4.05. The highest BCUT2D eigenvalue weighted by Gasteiger charge is 2.31. The highest BCUT2D eigenvalue weighted by molar-refractivity contribution is 5.90. The van der Waals surface area contributed by atoms with Gasteiger partial charge in [-0.05, 0) is 43.4 Å². The van der Waals surface area contributed by atoms with Crippen LogP contribution < -0.4 is 5.32 Å². The third-order valence-electron chi connectivity index (χ3n) is 4.56. The largest absolute Gasteiger partial charge is 0.378 e. The van der Waals surface area contributed by atoms with Gasteiger partial charge in [0.25, 0.3) is 0 Å². The molecular formula is C17H23FN2O2. The normalized spacial score (nSPS) is 25.5. The number of hydrogen-bond acceptors (Lipinski definition) is 3. The van der Waals surface area contributed by atoms with Gasteiger partial charge in [0.05, 0.1) is 6.10 Å². The summed E-state index contributed by atoms with van der Waals surface area (Å²) in [6, 6.07) is 6.00. The Morgan fingerprint density at radius 2 is 2.32 bits per heavy atom. The lowest BCUT2D eigenvalue weighted by molar-refractivity contribution is -0.117. The van der Waals surface area contributed by atoms with Crippen LogP contribution in [0.5, 0.6) is 0 Å². The Labute approximate surface area is 130 Å². The van der Waals surface area contributed by atoms with E-state index in [1.807, 2.05) is 0 Å². The summed E-state index contributed by atoms with van der Waals surface area (Å²) in [5.74, 6) is 0.221. The molecule has 0 bridgehead atoms. The van der Waals surface area contributed by atoms with Gasteiger partial charge in [-0.2, -0.15) is 0 Å². The van der Waals surface area contributed by atoms with Crippen molar-refractivity contribution in [1.82, 2.24) is 4.90 Å². The first-order valence-electron chi connectivity index (χ1n) is 8.10. The molecule has 120 valence electrons. The fourth-order valence-electron chi connectivity index (χ4n) is 3.42. The number of anilines is 1. The van der Waals surface area contributed by atoms with Crippen molar-refractivity contribution >= 4 is 11.6 Å². The van der Waals surface area contributed by atoms with Crippen molar-refractivity contribution in [2.24, 2.45) is 5.92 Å². The SMILES string of the molecule is O=C(CCN1CCC2OCCCC2C1)Nc1cccc(F)c1. The molecule has 22 heavy (non-hydrogen) atoms. The monoisotopic (exact) mass is 306 g/mol. The number of fused-ring (bicyclic) bond motifs is 1. The molecule has 2 saturated heterocycles. The van der Waals surface area contributed by atoms with Gasteiger partial charge in [-0.3, -0.25) is 4.79 Å². The van der Waals surface area contributed by atoms with Crippen molar-refractivity contribution < 1.29 is 13.9 Å². The zero-order valence-corrected chi connectivity index (χ0v) is 12.8. The van der Waals surface area contributed by atoms with Crippen molar-refractivity contribution in [3.63, 3.8) is 0 Å². The van der Waals surface area contributed by atoms with Crippen LogP contribution in [0.4, 0.5) is 10.1 Å². The lowest BCUT2D eigenvalue weighted by Crippen LogP contribution is -2.46. The Balaban J connectivity index is 1.43. The number of carbonyl (C=O) groups is 1. The summed E-state index contributed by atoms with van der Waals surface area (Å²) in [6.07, 6.45) is 4.31. The molecule has 2 aliphatic heterocycles. The van der Waals surface area contributed by atoms with Crippen LogP contribution in [0.2, 0.25) is 0 Å². The summed E-state index contributed by atoms with van der Waals surface area (Å²) in [5.41, 5.74) is 0.518. The van der Waals surface area contributed by atoms with E-state index in [-0.39, 0.29) is 11.7 Å². The number of hydrogen-bond donors (Lipinski definition) is 1. The van der Waals surface area contributed by atoms with Crippen molar-refractivity contribution in [2.75, 3.05) is 31.6 Å². The molecule has 2 atom stereocenters. The van der Waals surface area contributed by atoms with Crippen LogP contribution in [0.25, 0.3) is 0 Å². The molecule has 0 radical (unpaired) electrons. The number of likely N-dealkylation sites (tertiary alicyclic amines) is 1. The number of carbonyl (C=O) groups excluding carboxylic acids is 1. The van der Waals surface area contributed by atoms with Gasteiger partial charge in [-0.1, -0.05) is 6.07 Å². The van der Waals surface area contributed by atoms with Gasteiger partial charge in [-0.15, -0.1) is 0 Å². The predicted molar refractivity (Wildman–Crippen MR) is 83.2 cm³/mol. The van der Waals surface area contributed by atoms with E-state index >= 15 is 0 Å². The third-order valence-corrected chi connectivity index (χ3v) is 4.56. The van der Waals surface area contributed by atoms with E-state index < -0.39 is 0 Å². The summed E-state index contributed by atoms with van der Waals surface area (Å²) in [5, 5.41) is 2.75. The van der Waals surface area contributed by atoms with Crippen molar-refractivity contribution in [2.45, 2.75) is 31.8 Å². The van der Waals surface area contributed by atoms with E-state index in [1.54, 1.807) is 12.1 Å². The number of rotatable bonds is 4. The van der Waals surface area contributed by atoms with E-state index in [1.165, 1.54) is 18.6 Å². The zero-order chi connectivity index (χ0) is 15.4. The maximum atomic E-state index is 13.1. The second-order valence-electron chi connectivity index (χ2n) is 6.21. The Morgan fingerprint density at radius 1 is 1.41 bits per heavy atom. The average Bonchev–Trinajstić information content (AvgIpc) is 2.53. The molecule has 4 nitrogen and oxygen atoms in total. The summed E-state index contributed by atoms with van der Waals surface area (Å²) >= 11 is 0. The minimum atomic E-state index is -0.336. The summed E-state index contributed by atoms with van der Waals surface area (Å²) in [6.45, 7) is 3.67. The van der Waals surface area contributed by atoms with Gasteiger partial charge in [0.1, 0.15) is 5.82 Å². The molecule has 1 aromatic carbocycles. The maximum absolute atomic E-state index is 13.1. The molecule has 0 aromatic heterocycles. The summed E-state index contributed by atoms with van der Waals surface area (Å²) in [4.78, 5) is 14.3. The second kappa shape index (κ2) is 7.20. The van der Waals surface area contributed by atoms with E-state index in [4.69, 9.17) is 4.74 Å². The van der Waals surface area contributed by atoms with Crippen LogP contribution in [0.3, 0.4) is 0 Å². The molecule has 1 N–H and O–H groups in total. The Kier molecular flexibility index (Phi) is 5.05. The Bertz CT molecular complexity index is 523. The molecule has 0 saturated carbocycles. The van der Waals surface area contributed by atoms with Crippen molar-refractivity contribution in [1.29, 1.82) is 0 Å². The topological polar surface area (TPSA) is 41.6 Å². The lowest BCUT2D eigenvalue weighted by atomic mass is 9.88. The van der Waals surface area contributed by atoms with E-state index in [2.05, 4.69) is 10.2 Å². The molecule has 1 aromatic rings. The molecule has 2 aliphatic rings. The Hall–Kier alpha value is -1.46. The smallest absolute Gasteiger partial charge is 0.225 e. The minimum absolute atomic E-state index is 0.0624. The molecule has 2 heterocycles. The van der Waals surface area contributed by atoms with Crippen LogP contribution in [-0.2, 0) is 9.53 Å². The van der Waals surface area contributed by atoms with Crippen molar-refractivity contribution in [3.8, 4) is 0 Å². The number of amides is 1. The summed E-state index contributed by atoms with van der Waals surface area (Å²) < 4.78 is 18.9. The number of nitrogens with zero attached hydrogens (tertiary/aromatic N) is 1. The number of nitrogens with one attached hydrogen (secondary N) is 1. The number of ether oxygens (including phenoxy) is 1. The Morgan fingerprint density at radius 3 is 3.18 bits per heavy atom. The number of piperidine rings is 1. The first-order chi connectivity index (χ1) is 10.7. The van der Waals surface area contributed by atoms with Gasteiger partial charge in [0.15, 0.2) is 0 Å². The number of halogens is 1. The standard InChI is InChI=1S/C17H23FN2O2/c18-14-4-1-5-15(11-14)19-17(21)7-9-20-8-6-16-13(12-20)3-2-10-22-16/h1,4-5,11,13,16H,2-3,6-10,12H2,(H,19,21). The van der Waals surface area contributed by atoms with Crippen LogP contribution in [0, 0.1) is 11.7 Å². The fourth-order valence-corrected chi connectivity index (χ4v) is 3.42. The molecule has 3 rings (SSSR count). The van der Waals surface area contributed by atoms with E-state index in [9.17, 15) is 9.18 Å². The van der Waals surface area contributed by atoms with Crippen LogP contribution in [0.15, 0.2) is 24.3 Å². The van der Waals surface area contributed by atoms with Gasteiger partial charge in [-0.25, -0.2) is 4.39 Å². The first-order valence-corrected chi connectivity index (χ1v) is 8.10. The van der Waals surface area contributed by atoms with E-state index in [0.29, 0.717) is 24.1 Å². The molecule has 2 unspecified atom stereocenters. The molecular weight excluding hydrogens is 283 g/mol.